The number of carboxylic acid groups (broad SMARTS) is 1. The second-order valence-electron chi connectivity index (χ2n) is 10.3. The maximum Gasteiger partial charge on any atom is 0.326 e. The molecule has 0 radical (unpaired) electrons. The van der Waals surface area contributed by atoms with Crippen LogP contribution in [0.4, 0.5) is 0 Å². The van der Waals surface area contributed by atoms with Gasteiger partial charge in [0.2, 0.25) is 23.6 Å². The van der Waals surface area contributed by atoms with Crippen LogP contribution < -0.4 is 33.2 Å². The summed E-state index contributed by atoms with van der Waals surface area (Å²) in [6.07, 6.45) is 3.13. The molecule has 4 unspecified atom stereocenters. The van der Waals surface area contributed by atoms with Gasteiger partial charge in [-0.05, 0) is 43.4 Å². The lowest BCUT2D eigenvalue weighted by atomic mass is 10.00. The summed E-state index contributed by atoms with van der Waals surface area (Å²) in [6.45, 7) is 4.24. The first-order valence-corrected chi connectivity index (χ1v) is 13.4. The van der Waals surface area contributed by atoms with Crippen molar-refractivity contribution in [3.63, 3.8) is 0 Å². The largest absolute Gasteiger partial charge is 0.480 e. The first-order chi connectivity index (χ1) is 18.9. The Balaban J connectivity index is 2.29. The van der Waals surface area contributed by atoms with Gasteiger partial charge in [-0.1, -0.05) is 38.5 Å². The Bertz CT molecular complexity index is 1180. The lowest BCUT2D eigenvalue weighted by molar-refractivity contribution is -0.143. The molecule has 1 aromatic carbocycles. The molecule has 2 aromatic rings. The van der Waals surface area contributed by atoms with Crippen molar-refractivity contribution in [3.05, 3.63) is 36.0 Å². The number of hydrogen-bond donors (Lipinski definition) is 8. The molecule has 0 saturated carbocycles. The van der Waals surface area contributed by atoms with Crippen LogP contribution in [0.5, 0.6) is 0 Å². The molecule has 13 nitrogen and oxygen atoms in total. The van der Waals surface area contributed by atoms with Gasteiger partial charge in [-0.3, -0.25) is 19.2 Å². The number of hydrogen-bond acceptors (Lipinski definition) is 7. The van der Waals surface area contributed by atoms with Crippen LogP contribution in [0.2, 0.25) is 0 Å². The molecule has 0 aliphatic carbocycles. The minimum Gasteiger partial charge on any atom is -0.480 e. The Kier molecular flexibility index (Phi) is 12.6. The van der Waals surface area contributed by atoms with Crippen LogP contribution in [0, 0.1) is 5.92 Å². The van der Waals surface area contributed by atoms with Crippen LogP contribution in [-0.2, 0) is 30.4 Å². The number of aromatic amines is 1. The predicted molar refractivity (Wildman–Crippen MR) is 150 cm³/mol. The van der Waals surface area contributed by atoms with Crippen LogP contribution in [0.1, 0.15) is 51.5 Å². The van der Waals surface area contributed by atoms with Gasteiger partial charge in [-0.15, -0.1) is 0 Å². The fourth-order valence-electron chi connectivity index (χ4n) is 4.30. The Morgan fingerprint density at radius 1 is 0.925 bits per heavy atom. The third kappa shape index (κ3) is 9.97. The smallest absolute Gasteiger partial charge is 0.326 e. The zero-order chi connectivity index (χ0) is 29.8. The number of para-hydroxylation sites is 1. The van der Waals surface area contributed by atoms with Gasteiger partial charge in [0, 0.05) is 23.5 Å². The predicted octanol–water partition coefficient (Wildman–Crippen LogP) is -0.373. The highest BCUT2D eigenvalue weighted by molar-refractivity contribution is 5.95. The summed E-state index contributed by atoms with van der Waals surface area (Å²) < 4.78 is 0. The highest BCUT2D eigenvalue weighted by Gasteiger charge is 2.31. The standard InChI is InChI=1S/C27H41N7O6/c1-15(2)11-20(32-24(36)18(29)8-5-6-10-28)25(37)33-21(26(38)34-22(27(39)40)13-23(30)35)12-16-14-31-19-9-4-3-7-17(16)19/h3-4,7,9,14-15,18,20-22,31H,5-6,8,10-13,28-29H2,1-2H3,(H2,30,35)(H,32,36)(H,33,37)(H,34,38)(H,39,40). The molecule has 4 amide bonds. The van der Waals surface area contributed by atoms with E-state index < -0.39 is 60.2 Å². The number of unbranched alkanes of at least 4 members (excludes halogenated alkanes) is 1. The van der Waals surface area contributed by atoms with Crippen molar-refractivity contribution in [2.45, 2.75) is 76.5 Å². The van der Waals surface area contributed by atoms with Crippen LogP contribution in [0.3, 0.4) is 0 Å². The fraction of sp³-hybridized carbons (Fsp3) is 0.519. The second-order valence-corrected chi connectivity index (χ2v) is 10.3. The topological polar surface area (TPSA) is 236 Å². The summed E-state index contributed by atoms with van der Waals surface area (Å²) in [5, 5.41) is 17.9. The molecule has 0 bridgehead atoms. The number of aliphatic carboxylic acids is 1. The average Bonchev–Trinajstić information content (AvgIpc) is 3.29. The fourth-order valence-corrected chi connectivity index (χ4v) is 4.30. The molecule has 0 aliphatic heterocycles. The number of carbonyl (C=O) groups excluding carboxylic acids is 4. The number of amides is 4. The third-order valence-corrected chi connectivity index (χ3v) is 6.40. The Hall–Kier alpha value is -3.97. The summed E-state index contributed by atoms with van der Waals surface area (Å²) in [5.41, 5.74) is 18.2. The molecule has 4 atom stereocenters. The van der Waals surface area contributed by atoms with Gasteiger partial charge in [0.1, 0.15) is 18.1 Å². The van der Waals surface area contributed by atoms with E-state index in [1.165, 1.54) is 0 Å². The van der Waals surface area contributed by atoms with Crippen LogP contribution >= 0.6 is 0 Å². The minimum absolute atomic E-state index is 0.00540. The minimum atomic E-state index is -1.58. The van der Waals surface area contributed by atoms with E-state index in [1.54, 1.807) is 6.20 Å². The third-order valence-electron chi connectivity index (χ3n) is 6.40. The highest BCUT2D eigenvalue weighted by Crippen LogP contribution is 2.19. The SMILES string of the molecule is CC(C)CC(NC(=O)C(N)CCCCN)C(=O)NC(Cc1c[nH]c2ccccc12)C(=O)NC(CC(N)=O)C(=O)O. The number of fused-ring (bicyclic) bond motifs is 1. The molecule has 220 valence electrons. The molecule has 0 saturated heterocycles. The molecule has 40 heavy (non-hydrogen) atoms. The lowest BCUT2D eigenvalue weighted by Crippen LogP contribution is -2.58. The van der Waals surface area contributed by atoms with Gasteiger partial charge in [-0.2, -0.15) is 0 Å². The summed E-state index contributed by atoms with van der Waals surface area (Å²) in [6, 6.07) is 2.73. The lowest BCUT2D eigenvalue weighted by Gasteiger charge is -2.26. The van der Waals surface area contributed by atoms with Crippen molar-refractivity contribution < 1.29 is 29.1 Å². The number of carboxylic acids is 1. The number of H-pyrrole nitrogens is 1. The Morgan fingerprint density at radius 3 is 2.17 bits per heavy atom. The average molecular weight is 560 g/mol. The van der Waals surface area contributed by atoms with E-state index in [4.69, 9.17) is 17.2 Å². The summed E-state index contributed by atoms with van der Waals surface area (Å²) in [4.78, 5) is 65.6. The molecule has 0 spiro atoms. The summed E-state index contributed by atoms with van der Waals surface area (Å²) >= 11 is 0. The van der Waals surface area contributed by atoms with E-state index in [1.807, 2.05) is 38.1 Å². The molecular formula is C27H41N7O6. The molecular weight excluding hydrogens is 518 g/mol. The van der Waals surface area contributed by atoms with Crippen molar-refractivity contribution in [3.8, 4) is 0 Å². The molecule has 13 heteroatoms. The Morgan fingerprint density at radius 2 is 1.55 bits per heavy atom. The van der Waals surface area contributed by atoms with Gasteiger partial charge in [0.15, 0.2) is 0 Å². The van der Waals surface area contributed by atoms with Gasteiger partial charge in [0.05, 0.1) is 12.5 Å². The zero-order valence-corrected chi connectivity index (χ0v) is 22.9. The van der Waals surface area contributed by atoms with Crippen molar-refractivity contribution in [2.75, 3.05) is 6.54 Å². The second kappa shape index (κ2) is 15.6. The van der Waals surface area contributed by atoms with Gasteiger partial charge in [0.25, 0.3) is 0 Å². The van der Waals surface area contributed by atoms with Gasteiger partial charge in [-0.25, -0.2) is 4.79 Å². The number of rotatable bonds is 17. The number of primary amides is 1. The maximum atomic E-state index is 13.4. The van der Waals surface area contributed by atoms with E-state index in [0.717, 1.165) is 10.9 Å². The molecule has 2 rings (SSSR count). The first-order valence-electron chi connectivity index (χ1n) is 13.4. The molecule has 0 aliphatic rings. The monoisotopic (exact) mass is 559 g/mol. The Labute approximate surface area is 233 Å². The van der Waals surface area contributed by atoms with E-state index in [0.29, 0.717) is 31.4 Å². The normalized spacial score (nSPS) is 14.2. The number of nitrogens with one attached hydrogen (secondary N) is 4. The van der Waals surface area contributed by atoms with Crippen LogP contribution in [0.25, 0.3) is 10.9 Å². The number of nitrogens with two attached hydrogens (primary N) is 3. The van der Waals surface area contributed by atoms with Crippen LogP contribution in [0.15, 0.2) is 30.5 Å². The highest BCUT2D eigenvalue weighted by atomic mass is 16.4. The van der Waals surface area contributed by atoms with Crippen molar-refractivity contribution >= 4 is 40.5 Å². The number of carbonyl (C=O) groups is 5. The zero-order valence-electron chi connectivity index (χ0n) is 22.9. The summed E-state index contributed by atoms with van der Waals surface area (Å²) in [7, 11) is 0. The number of aromatic nitrogens is 1. The molecule has 1 aromatic heterocycles. The first kappa shape index (κ1) is 32.2. The van der Waals surface area contributed by atoms with E-state index in [2.05, 4.69) is 20.9 Å². The molecule has 1 heterocycles. The van der Waals surface area contributed by atoms with Crippen LogP contribution in [-0.4, -0.2) is 70.4 Å². The van der Waals surface area contributed by atoms with Gasteiger partial charge >= 0.3 is 5.97 Å². The van der Waals surface area contributed by atoms with Crippen molar-refractivity contribution in [2.24, 2.45) is 23.1 Å². The van der Waals surface area contributed by atoms with Crippen molar-refractivity contribution in [1.29, 1.82) is 0 Å². The maximum absolute atomic E-state index is 13.4. The quantitative estimate of drug-likeness (QED) is 0.119. The van der Waals surface area contributed by atoms with E-state index >= 15 is 0 Å². The van der Waals surface area contributed by atoms with E-state index in [9.17, 15) is 29.1 Å². The summed E-state index contributed by atoms with van der Waals surface area (Å²) in [5.74, 6) is -4.29. The van der Waals surface area contributed by atoms with Crippen molar-refractivity contribution in [1.82, 2.24) is 20.9 Å². The molecule has 0 fully saturated rings. The van der Waals surface area contributed by atoms with E-state index in [-0.39, 0.29) is 18.8 Å². The molecule has 11 N–H and O–H groups in total. The van der Waals surface area contributed by atoms with Gasteiger partial charge < -0.3 is 43.2 Å². The number of benzene rings is 1.